The quantitative estimate of drug-likeness (QED) is 0.199. The zero-order valence-electron chi connectivity index (χ0n) is 9.01. The van der Waals surface area contributed by atoms with Gasteiger partial charge in [0.1, 0.15) is 12.2 Å². The van der Waals surface area contributed by atoms with E-state index >= 15 is 0 Å². The summed E-state index contributed by atoms with van der Waals surface area (Å²) in [6, 6.07) is 0. The Morgan fingerprint density at radius 3 is 2.05 bits per heavy atom. The van der Waals surface area contributed by atoms with Gasteiger partial charge in [-0.2, -0.15) is 0 Å². The van der Waals surface area contributed by atoms with Gasteiger partial charge in [-0.25, -0.2) is 13.7 Å². The Morgan fingerprint density at radius 1 is 1.11 bits per heavy atom. The summed E-state index contributed by atoms with van der Waals surface area (Å²) in [6.07, 6.45) is -5.92. The molecule has 12 nitrogen and oxygen atoms in total. The smallest absolute Gasteiger partial charge is 0.387 e. The largest absolute Gasteiger partial charge is 0.474 e. The molecule has 1 rings (SSSR count). The van der Waals surface area contributed by atoms with Crippen LogP contribution in [0.5, 0.6) is 0 Å². The SMILES string of the molecule is O=P(O)(O)OC[C@H]1O[C@](O)(OP(=O)(O)O)[C@H](O)[C@H]1O. The zero-order valence-corrected chi connectivity index (χ0v) is 10.8. The van der Waals surface area contributed by atoms with Gasteiger partial charge in [0.15, 0.2) is 6.10 Å². The maximum absolute atomic E-state index is 10.6. The van der Waals surface area contributed by atoms with Crippen LogP contribution in [-0.4, -0.2) is 65.8 Å². The highest BCUT2D eigenvalue weighted by Crippen LogP contribution is 2.46. The first-order chi connectivity index (χ1) is 8.34. The fourth-order valence-electron chi connectivity index (χ4n) is 1.32. The van der Waals surface area contributed by atoms with Crippen LogP contribution in [0.2, 0.25) is 0 Å². The van der Waals surface area contributed by atoms with Gasteiger partial charge in [0, 0.05) is 0 Å². The summed E-state index contributed by atoms with van der Waals surface area (Å²) in [6.45, 7) is -0.963. The van der Waals surface area contributed by atoms with Crippen LogP contribution in [0.15, 0.2) is 0 Å². The average molecular weight is 326 g/mol. The molecular formula is C5H12O12P2. The van der Waals surface area contributed by atoms with Crippen molar-refractivity contribution >= 4 is 15.6 Å². The molecule has 0 aromatic carbocycles. The lowest BCUT2D eigenvalue weighted by molar-refractivity contribution is -0.343. The van der Waals surface area contributed by atoms with Gasteiger partial charge in [0.2, 0.25) is 0 Å². The molecular weight excluding hydrogens is 314 g/mol. The van der Waals surface area contributed by atoms with Crippen LogP contribution in [0, 0.1) is 0 Å². The van der Waals surface area contributed by atoms with Crippen molar-refractivity contribution in [2.24, 2.45) is 0 Å². The molecule has 1 aliphatic heterocycles. The van der Waals surface area contributed by atoms with Crippen molar-refractivity contribution in [2.45, 2.75) is 24.3 Å². The summed E-state index contributed by atoms with van der Waals surface area (Å²) in [7, 11) is -10.2. The van der Waals surface area contributed by atoms with E-state index in [1.807, 2.05) is 0 Å². The van der Waals surface area contributed by atoms with Gasteiger partial charge in [-0.3, -0.25) is 4.52 Å². The highest BCUT2D eigenvalue weighted by atomic mass is 31.2. The van der Waals surface area contributed by atoms with Crippen molar-refractivity contribution in [3.63, 3.8) is 0 Å². The molecule has 7 N–H and O–H groups in total. The zero-order chi connectivity index (χ0) is 15.1. The number of phosphoric ester groups is 2. The second kappa shape index (κ2) is 5.45. The van der Waals surface area contributed by atoms with Crippen LogP contribution in [0.3, 0.4) is 0 Å². The van der Waals surface area contributed by atoms with Gasteiger partial charge in [-0.15, -0.1) is 0 Å². The van der Waals surface area contributed by atoms with Gasteiger partial charge in [0.25, 0.3) is 0 Å². The highest BCUT2D eigenvalue weighted by Gasteiger charge is 2.58. The molecule has 1 saturated heterocycles. The monoisotopic (exact) mass is 326 g/mol. The molecule has 114 valence electrons. The van der Waals surface area contributed by atoms with Crippen LogP contribution >= 0.6 is 15.6 Å². The van der Waals surface area contributed by atoms with Gasteiger partial charge >= 0.3 is 21.6 Å². The number of ether oxygens (including phenoxy) is 1. The maximum Gasteiger partial charge on any atom is 0.474 e. The minimum Gasteiger partial charge on any atom is -0.387 e. The number of phosphoric acid groups is 2. The first-order valence-electron chi connectivity index (χ1n) is 4.57. The minimum atomic E-state index is -5.26. The minimum absolute atomic E-state index is 0.963. The first kappa shape index (κ1) is 17.1. The number of rotatable bonds is 5. The van der Waals surface area contributed by atoms with Crippen LogP contribution in [0.4, 0.5) is 0 Å². The molecule has 1 fully saturated rings. The van der Waals surface area contributed by atoms with Gasteiger partial charge in [-0.1, -0.05) is 0 Å². The molecule has 4 atom stereocenters. The van der Waals surface area contributed by atoms with E-state index in [9.17, 15) is 24.4 Å². The van der Waals surface area contributed by atoms with Crippen molar-refractivity contribution in [2.75, 3.05) is 6.61 Å². The summed E-state index contributed by atoms with van der Waals surface area (Å²) in [5, 5.41) is 28.2. The Bertz CT molecular complexity index is 412. The molecule has 0 bridgehead atoms. The normalized spacial score (nSPS) is 36.7. The molecule has 0 aromatic rings. The predicted octanol–water partition coefficient (Wildman–Crippen LogP) is -3.03. The molecule has 0 unspecified atom stereocenters. The molecule has 0 spiro atoms. The summed E-state index contributed by atoms with van der Waals surface area (Å²) >= 11 is 0. The van der Waals surface area contributed by atoms with Gasteiger partial charge < -0.3 is 39.6 Å². The lowest BCUT2D eigenvalue weighted by Gasteiger charge is -2.25. The average Bonchev–Trinajstić information content (AvgIpc) is 2.36. The van der Waals surface area contributed by atoms with Crippen LogP contribution in [0.25, 0.3) is 0 Å². The summed E-state index contributed by atoms with van der Waals surface area (Å²) < 4.78 is 33.1. The van der Waals surface area contributed by atoms with E-state index in [0.29, 0.717) is 0 Å². The van der Waals surface area contributed by atoms with Crippen molar-refractivity contribution in [3.8, 4) is 0 Å². The Labute approximate surface area is 105 Å². The van der Waals surface area contributed by atoms with E-state index in [2.05, 4.69) is 13.8 Å². The molecule has 14 heteroatoms. The molecule has 0 amide bonds. The van der Waals surface area contributed by atoms with E-state index in [4.69, 9.17) is 19.6 Å². The van der Waals surface area contributed by atoms with E-state index in [1.54, 1.807) is 0 Å². The number of hydrogen-bond acceptors (Lipinski definition) is 8. The molecule has 0 radical (unpaired) electrons. The Balaban J connectivity index is 2.75. The fourth-order valence-corrected chi connectivity index (χ4v) is 2.16. The van der Waals surface area contributed by atoms with E-state index in [0.717, 1.165) is 0 Å². The lowest BCUT2D eigenvalue weighted by atomic mass is 10.1. The second-order valence-corrected chi connectivity index (χ2v) is 5.99. The Hall–Kier alpha value is 0.0600. The number of aliphatic hydroxyl groups excluding tert-OH is 2. The molecule has 19 heavy (non-hydrogen) atoms. The molecule has 0 saturated carbocycles. The third-order valence-corrected chi connectivity index (χ3v) is 3.04. The second-order valence-electron chi connectivity index (χ2n) is 3.59. The predicted molar refractivity (Wildman–Crippen MR) is 53.0 cm³/mol. The standard InChI is InChI=1S/C5H12O12P2/c6-3-2(1-15-18(9,10)11)16-5(8,4(3)7)17-19(12,13)14/h2-4,6-8H,1H2,(H2,9,10,11)(H2,12,13,14)/t2-,3+,4-,5+/m1/s1. The van der Waals surface area contributed by atoms with Crippen molar-refractivity contribution in [1.29, 1.82) is 0 Å². The molecule has 0 aliphatic carbocycles. The fraction of sp³-hybridized carbons (Fsp3) is 1.00. The molecule has 0 aromatic heterocycles. The van der Waals surface area contributed by atoms with Crippen molar-refractivity contribution in [3.05, 3.63) is 0 Å². The highest BCUT2D eigenvalue weighted by molar-refractivity contribution is 7.46. The summed E-state index contributed by atoms with van der Waals surface area (Å²) in [5.41, 5.74) is 0. The summed E-state index contributed by atoms with van der Waals surface area (Å²) in [4.78, 5) is 33.8. The summed E-state index contributed by atoms with van der Waals surface area (Å²) in [5.74, 6) is -3.23. The first-order valence-corrected chi connectivity index (χ1v) is 7.63. The number of aliphatic hydroxyl groups is 3. The third kappa shape index (κ3) is 4.83. The third-order valence-electron chi connectivity index (χ3n) is 2.06. The maximum atomic E-state index is 10.6. The van der Waals surface area contributed by atoms with Crippen LogP contribution in [0.1, 0.15) is 0 Å². The van der Waals surface area contributed by atoms with Crippen molar-refractivity contribution in [1.82, 2.24) is 0 Å². The van der Waals surface area contributed by atoms with Gasteiger partial charge in [-0.05, 0) is 0 Å². The van der Waals surface area contributed by atoms with E-state index in [1.165, 1.54) is 0 Å². The van der Waals surface area contributed by atoms with Crippen LogP contribution < -0.4 is 0 Å². The lowest BCUT2D eigenvalue weighted by Crippen LogP contribution is -2.44. The van der Waals surface area contributed by atoms with Crippen LogP contribution in [-0.2, 0) is 22.9 Å². The van der Waals surface area contributed by atoms with E-state index in [-0.39, 0.29) is 0 Å². The van der Waals surface area contributed by atoms with Gasteiger partial charge in [0.05, 0.1) is 6.61 Å². The van der Waals surface area contributed by atoms with Crippen molar-refractivity contribution < 1.29 is 57.8 Å². The molecule has 1 aliphatic rings. The Kier molecular flexibility index (Phi) is 4.91. The topological polar surface area (TPSA) is 203 Å². The molecule has 1 heterocycles. The van der Waals surface area contributed by atoms with E-state index < -0.39 is 46.5 Å². The number of hydrogen-bond donors (Lipinski definition) is 7. The Morgan fingerprint density at radius 2 is 1.63 bits per heavy atom.